The van der Waals surface area contributed by atoms with Crippen molar-refractivity contribution >= 4 is 35.1 Å². The number of halogens is 3. The van der Waals surface area contributed by atoms with Gasteiger partial charge >= 0.3 is 12.2 Å². The molecule has 6 bridgehead atoms. The molecule has 0 saturated carbocycles. The van der Waals surface area contributed by atoms with Gasteiger partial charge in [-0.1, -0.05) is 0 Å². The van der Waals surface area contributed by atoms with E-state index in [2.05, 4.69) is 41.1 Å². The topological polar surface area (TPSA) is 133 Å². The lowest BCUT2D eigenvalue weighted by atomic mass is 10.2. The molecular formula is C26H29F3N8O3. The second kappa shape index (κ2) is 13.1. The van der Waals surface area contributed by atoms with Crippen molar-refractivity contribution in [1.29, 1.82) is 0 Å². The van der Waals surface area contributed by atoms with Crippen molar-refractivity contribution in [1.82, 2.24) is 30.5 Å². The van der Waals surface area contributed by atoms with Crippen LogP contribution in [0, 0.1) is 0 Å². The normalized spacial score (nSPS) is 15.8. The molecule has 0 radical (unpaired) electrons. The molecule has 212 valence electrons. The number of rotatable bonds is 2. The quantitative estimate of drug-likeness (QED) is 0.373. The van der Waals surface area contributed by atoms with Gasteiger partial charge in [-0.25, -0.2) is 0 Å². The number of hydrogen-bond acceptors (Lipinski definition) is 9. The van der Waals surface area contributed by atoms with E-state index in [1.54, 1.807) is 48.5 Å². The number of benzene rings is 2. The zero-order valence-corrected chi connectivity index (χ0v) is 21.7. The molecule has 40 heavy (non-hydrogen) atoms. The van der Waals surface area contributed by atoms with E-state index in [0.29, 0.717) is 35.6 Å². The monoisotopic (exact) mass is 558 g/mol. The Kier molecular flexibility index (Phi) is 9.32. The molecule has 3 aliphatic heterocycles. The molecule has 0 atom stereocenters. The van der Waals surface area contributed by atoms with Crippen LogP contribution in [-0.4, -0.2) is 77.7 Å². The summed E-state index contributed by atoms with van der Waals surface area (Å²) in [4.78, 5) is 39.2. The molecule has 4 heterocycles. The second-order valence-electron chi connectivity index (χ2n) is 9.10. The summed E-state index contributed by atoms with van der Waals surface area (Å²) in [6, 6.07) is 12.4. The fourth-order valence-electron chi connectivity index (χ4n) is 3.77. The predicted octanol–water partition coefficient (Wildman–Crippen LogP) is 3.49. The Balaban J connectivity index is 1.58. The van der Waals surface area contributed by atoms with Crippen LogP contribution in [-0.2, 0) is 0 Å². The van der Waals surface area contributed by atoms with Gasteiger partial charge in [0.05, 0.1) is 0 Å². The van der Waals surface area contributed by atoms with Crippen molar-refractivity contribution in [2.45, 2.75) is 19.0 Å². The molecule has 1 aromatic heterocycles. The van der Waals surface area contributed by atoms with Crippen molar-refractivity contribution in [2.75, 3.05) is 50.5 Å². The Bertz CT molecular complexity index is 1220. The van der Waals surface area contributed by atoms with Crippen molar-refractivity contribution in [2.24, 2.45) is 0 Å². The maximum Gasteiger partial charge on any atom is 0.422 e. The molecule has 0 fully saturated rings. The van der Waals surface area contributed by atoms with Crippen LogP contribution in [0.3, 0.4) is 0 Å². The summed E-state index contributed by atoms with van der Waals surface area (Å²) in [5.41, 5.74) is 1.86. The number of alkyl halides is 3. The molecule has 3 aromatic rings. The number of nitrogens with zero attached hydrogens (tertiary/aromatic N) is 4. The average molecular weight is 559 g/mol. The van der Waals surface area contributed by atoms with Crippen LogP contribution in [0.25, 0.3) is 0 Å². The van der Waals surface area contributed by atoms with Crippen LogP contribution in [0.5, 0.6) is 6.01 Å². The zero-order valence-electron chi connectivity index (χ0n) is 21.7. The van der Waals surface area contributed by atoms with E-state index in [-0.39, 0.29) is 23.7 Å². The van der Waals surface area contributed by atoms with Crippen LogP contribution in [0.15, 0.2) is 48.5 Å². The van der Waals surface area contributed by atoms with E-state index in [4.69, 9.17) is 4.74 Å². The number of nitrogens with one attached hydrogen (secondary N) is 4. The third kappa shape index (κ3) is 8.80. The Morgan fingerprint density at radius 1 is 0.775 bits per heavy atom. The lowest BCUT2D eigenvalue weighted by molar-refractivity contribution is -0.154. The number of carbonyl (C=O) groups excluding carboxylic acids is 2. The Morgan fingerprint density at radius 3 is 1.65 bits per heavy atom. The van der Waals surface area contributed by atoms with Crippen molar-refractivity contribution < 1.29 is 27.5 Å². The van der Waals surface area contributed by atoms with Gasteiger partial charge in [0.1, 0.15) is 0 Å². The smallest absolute Gasteiger partial charge is 0.422 e. The Labute approximate surface area is 228 Å². The second-order valence-corrected chi connectivity index (χ2v) is 9.10. The molecule has 3 aliphatic rings. The van der Waals surface area contributed by atoms with Crippen LogP contribution < -0.4 is 26.0 Å². The molecule has 0 aliphatic carbocycles. The molecule has 2 amide bonds. The number of carbonyl (C=O) groups is 2. The standard InChI is InChI=1S/C26H29F3N8O3/c1-37-14-2-12-30-21(38)17-4-8-19(9-5-17)32-23-34-24(36-25(35-23)40-16-26(27,28)29)33-20-10-6-18(7-11-20)22(39)31-13-3-15-37/h4-11H,2-3,12-16H2,1H3,(H,30,38)(H,31,39)(H2,32,33,34,35,36). The fraction of sp³-hybridized carbons (Fsp3) is 0.346. The number of aromatic nitrogens is 3. The zero-order chi connectivity index (χ0) is 28.5. The summed E-state index contributed by atoms with van der Waals surface area (Å²) < 4.78 is 43.0. The molecule has 0 saturated heterocycles. The average Bonchev–Trinajstić information content (AvgIpc) is 2.92. The summed E-state index contributed by atoms with van der Waals surface area (Å²) in [6.45, 7) is 0.983. The van der Waals surface area contributed by atoms with Crippen molar-refractivity contribution in [3.63, 3.8) is 0 Å². The largest absolute Gasteiger partial charge is 0.454 e. The lowest BCUT2D eigenvalue weighted by Gasteiger charge is -2.17. The molecule has 0 spiro atoms. The highest BCUT2D eigenvalue weighted by molar-refractivity contribution is 5.95. The minimum atomic E-state index is -4.59. The summed E-state index contributed by atoms with van der Waals surface area (Å²) in [5.74, 6) is -0.624. The van der Waals surface area contributed by atoms with Gasteiger partial charge in [-0.2, -0.15) is 28.1 Å². The van der Waals surface area contributed by atoms with Gasteiger partial charge in [0.15, 0.2) is 6.61 Å². The van der Waals surface area contributed by atoms with Crippen LogP contribution >= 0.6 is 0 Å². The number of fused-ring (bicyclic) bond motifs is 2. The van der Waals surface area contributed by atoms with Crippen molar-refractivity contribution in [3.8, 4) is 6.01 Å². The molecular weight excluding hydrogens is 529 g/mol. The predicted molar refractivity (Wildman–Crippen MR) is 142 cm³/mol. The number of anilines is 4. The maximum atomic E-state index is 12.7. The van der Waals surface area contributed by atoms with Gasteiger partial charge in [-0.3, -0.25) is 9.59 Å². The highest BCUT2D eigenvalue weighted by atomic mass is 19.4. The lowest BCUT2D eigenvalue weighted by Crippen LogP contribution is -2.30. The summed E-state index contributed by atoms with van der Waals surface area (Å²) in [5, 5.41) is 11.5. The first-order valence-electron chi connectivity index (χ1n) is 12.6. The van der Waals surface area contributed by atoms with E-state index in [0.717, 1.165) is 25.9 Å². The van der Waals surface area contributed by atoms with Gasteiger partial charge in [0.25, 0.3) is 11.8 Å². The van der Waals surface area contributed by atoms with Gasteiger partial charge in [0.2, 0.25) is 11.9 Å². The van der Waals surface area contributed by atoms with Crippen LogP contribution in [0.4, 0.5) is 36.4 Å². The molecule has 11 nitrogen and oxygen atoms in total. The minimum Gasteiger partial charge on any atom is -0.454 e. The molecule has 14 heteroatoms. The third-order valence-electron chi connectivity index (χ3n) is 5.79. The number of amides is 2. The van der Waals surface area contributed by atoms with Gasteiger partial charge in [-0.05, 0) is 81.5 Å². The summed E-state index contributed by atoms with van der Waals surface area (Å²) in [7, 11) is 1.99. The number of ether oxygens (including phenoxy) is 1. The number of hydrogen-bond donors (Lipinski definition) is 4. The molecule has 2 aromatic carbocycles. The maximum absolute atomic E-state index is 12.7. The van der Waals surface area contributed by atoms with Gasteiger partial charge in [0, 0.05) is 35.6 Å². The SMILES string of the molecule is CN1CCCNC(=O)c2ccc(cc2)Nc2nc(nc(OCC(F)(F)F)n2)Nc2ccc(cc2)C(=O)NCCC1. The fourth-order valence-corrected chi connectivity index (χ4v) is 3.77. The van der Waals surface area contributed by atoms with E-state index >= 15 is 0 Å². The van der Waals surface area contributed by atoms with E-state index in [1.807, 2.05) is 7.05 Å². The summed E-state index contributed by atoms with van der Waals surface area (Å²) >= 11 is 0. The van der Waals surface area contributed by atoms with Crippen LogP contribution in [0.1, 0.15) is 33.6 Å². The first kappa shape index (κ1) is 28.5. The Morgan fingerprint density at radius 2 is 1.23 bits per heavy atom. The van der Waals surface area contributed by atoms with E-state index in [1.165, 1.54) is 0 Å². The first-order valence-corrected chi connectivity index (χ1v) is 12.6. The van der Waals surface area contributed by atoms with Crippen LogP contribution in [0.2, 0.25) is 0 Å². The highest BCUT2D eigenvalue weighted by Crippen LogP contribution is 2.22. The van der Waals surface area contributed by atoms with E-state index in [9.17, 15) is 22.8 Å². The van der Waals surface area contributed by atoms with Gasteiger partial charge in [-0.15, -0.1) is 0 Å². The molecule has 4 N–H and O–H groups in total. The van der Waals surface area contributed by atoms with Crippen molar-refractivity contribution in [3.05, 3.63) is 59.7 Å². The first-order chi connectivity index (χ1) is 19.1. The third-order valence-corrected chi connectivity index (χ3v) is 5.79. The van der Waals surface area contributed by atoms with Gasteiger partial charge < -0.3 is 30.9 Å². The highest BCUT2D eigenvalue weighted by Gasteiger charge is 2.29. The Hall–Kier alpha value is -4.46. The molecule has 6 rings (SSSR count). The summed E-state index contributed by atoms with van der Waals surface area (Å²) in [6.07, 6.45) is -3.07. The van der Waals surface area contributed by atoms with E-state index < -0.39 is 18.8 Å². The molecule has 0 unspecified atom stereocenters. The minimum absolute atomic E-state index is 0.0820.